The maximum atomic E-state index is 12.7. The maximum absolute atomic E-state index is 12.7. The molecule has 1 fully saturated rings. The molecule has 0 radical (unpaired) electrons. The summed E-state index contributed by atoms with van der Waals surface area (Å²) in [4.78, 5) is 12.7. The molecule has 2 aromatic rings. The second kappa shape index (κ2) is 7.60. The van der Waals surface area contributed by atoms with E-state index in [1.165, 1.54) is 15.9 Å². The molecule has 26 heavy (non-hydrogen) atoms. The largest absolute Gasteiger partial charge is 0.377 e. The van der Waals surface area contributed by atoms with Gasteiger partial charge in [0.05, 0.1) is 11.4 Å². The normalized spacial score (nSPS) is 15.2. The third-order valence-corrected chi connectivity index (χ3v) is 6.57. The number of hydrogen-bond donors (Lipinski definition) is 1. The van der Waals surface area contributed by atoms with Crippen LogP contribution in [0.25, 0.3) is 0 Å². The number of Topliss-reactive ketones (excluding diaryl/α,β-unsaturated/α-hetero) is 1. The fourth-order valence-electron chi connectivity index (χ4n) is 3.20. The van der Waals surface area contributed by atoms with Gasteiger partial charge in [-0.05, 0) is 50.5 Å². The van der Waals surface area contributed by atoms with Gasteiger partial charge in [0, 0.05) is 24.3 Å². The summed E-state index contributed by atoms with van der Waals surface area (Å²) in [6.45, 7) is 5.23. The highest BCUT2D eigenvalue weighted by Crippen LogP contribution is 2.22. The molecule has 0 aliphatic carbocycles. The van der Waals surface area contributed by atoms with Gasteiger partial charge in [-0.2, -0.15) is 4.31 Å². The first-order chi connectivity index (χ1) is 12.4. The van der Waals surface area contributed by atoms with Crippen LogP contribution in [0.5, 0.6) is 0 Å². The third-order valence-electron chi connectivity index (χ3n) is 4.68. The summed E-state index contributed by atoms with van der Waals surface area (Å²) in [5, 5.41) is 3.14. The number of rotatable bonds is 6. The lowest BCUT2D eigenvalue weighted by atomic mass is 10.1. The monoisotopic (exact) mass is 372 g/mol. The van der Waals surface area contributed by atoms with E-state index in [1.807, 2.05) is 26.0 Å². The first kappa shape index (κ1) is 18.6. The van der Waals surface area contributed by atoms with Crippen LogP contribution >= 0.6 is 0 Å². The van der Waals surface area contributed by atoms with E-state index in [1.54, 1.807) is 18.2 Å². The van der Waals surface area contributed by atoms with Crippen molar-refractivity contribution in [3.8, 4) is 0 Å². The zero-order valence-corrected chi connectivity index (χ0v) is 16.0. The van der Waals surface area contributed by atoms with Gasteiger partial charge in [-0.3, -0.25) is 4.79 Å². The quantitative estimate of drug-likeness (QED) is 0.790. The molecule has 1 aliphatic heterocycles. The highest BCUT2D eigenvalue weighted by Gasteiger charge is 2.27. The van der Waals surface area contributed by atoms with E-state index in [9.17, 15) is 13.2 Å². The minimum atomic E-state index is -3.51. The summed E-state index contributed by atoms with van der Waals surface area (Å²) in [7, 11) is -3.51. The Labute approximate surface area is 155 Å². The standard InChI is InChI=1S/C20H24N2O3S/c1-15-8-9-19(16(2)12-15)21-14-20(23)17-6-5-7-18(13-17)26(24,25)22-10-3-4-11-22/h5-9,12-13,21H,3-4,10-11,14H2,1-2H3. The third kappa shape index (κ3) is 3.97. The summed E-state index contributed by atoms with van der Waals surface area (Å²) in [6.07, 6.45) is 1.77. The van der Waals surface area contributed by atoms with Crippen molar-refractivity contribution in [1.82, 2.24) is 4.31 Å². The molecule has 138 valence electrons. The van der Waals surface area contributed by atoms with Crippen molar-refractivity contribution in [3.05, 3.63) is 59.2 Å². The lowest BCUT2D eigenvalue weighted by Crippen LogP contribution is -2.28. The number of aryl methyl sites for hydroxylation is 2. The first-order valence-corrected chi connectivity index (χ1v) is 10.3. The summed E-state index contributed by atoms with van der Waals surface area (Å²) >= 11 is 0. The molecule has 0 atom stereocenters. The number of benzene rings is 2. The predicted octanol–water partition coefficient (Wildman–Crippen LogP) is 3.38. The average Bonchev–Trinajstić information content (AvgIpc) is 3.16. The highest BCUT2D eigenvalue weighted by molar-refractivity contribution is 7.89. The topological polar surface area (TPSA) is 66.5 Å². The number of nitrogens with one attached hydrogen (secondary N) is 1. The minimum absolute atomic E-state index is 0.122. The van der Waals surface area contributed by atoms with Crippen molar-refractivity contribution in [3.63, 3.8) is 0 Å². The fourth-order valence-corrected chi connectivity index (χ4v) is 4.76. The summed E-state index contributed by atoms with van der Waals surface area (Å²) < 4.78 is 26.8. The van der Waals surface area contributed by atoms with Gasteiger partial charge in [0.2, 0.25) is 10.0 Å². The van der Waals surface area contributed by atoms with Gasteiger partial charge < -0.3 is 5.32 Å². The van der Waals surface area contributed by atoms with E-state index >= 15 is 0 Å². The zero-order chi connectivity index (χ0) is 18.7. The van der Waals surface area contributed by atoms with Crippen molar-refractivity contribution >= 4 is 21.5 Å². The molecule has 0 amide bonds. The number of nitrogens with zero attached hydrogens (tertiary/aromatic N) is 1. The van der Waals surface area contributed by atoms with E-state index in [-0.39, 0.29) is 17.2 Å². The van der Waals surface area contributed by atoms with E-state index in [2.05, 4.69) is 11.4 Å². The SMILES string of the molecule is Cc1ccc(NCC(=O)c2cccc(S(=O)(=O)N3CCCC3)c2)c(C)c1. The van der Waals surface area contributed by atoms with Crippen molar-refractivity contribution in [2.24, 2.45) is 0 Å². The molecular formula is C20H24N2O3S. The van der Waals surface area contributed by atoms with Crippen molar-refractivity contribution < 1.29 is 13.2 Å². The van der Waals surface area contributed by atoms with Crippen LogP contribution in [0.1, 0.15) is 34.3 Å². The second-order valence-electron chi connectivity index (χ2n) is 6.73. The highest BCUT2D eigenvalue weighted by atomic mass is 32.2. The summed E-state index contributed by atoms with van der Waals surface area (Å²) in [6, 6.07) is 12.3. The molecule has 1 heterocycles. The average molecular weight is 372 g/mol. The number of hydrogen-bond acceptors (Lipinski definition) is 4. The van der Waals surface area contributed by atoms with E-state index in [0.29, 0.717) is 18.7 Å². The van der Waals surface area contributed by atoms with Crippen LogP contribution in [0, 0.1) is 13.8 Å². The molecule has 0 aromatic heterocycles. The number of sulfonamides is 1. The number of carbonyl (C=O) groups excluding carboxylic acids is 1. The van der Waals surface area contributed by atoms with E-state index in [4.69, 9.17) is 0 Å². The molecular weight excluding hydrogens is 348 g/mol. The maximum Gasteiger partial charge on any atom is 0.243 e. The zero-order valence-electron chi connectivity index (χ0n) is 15.2. The Kier molecular flexibility index (Phi) is 5.44. The van der Waals surface area contributed by atoms with Gasteiger partial charge in [0.25, 0.3) is 0 Å². The smallest absolute Gasteiger partial charge is 0.243 e. The van der Waals surface area contributed by atoms with Gasteiger partial charge in [0.15, 0.2) is 5.78 Å². The Hall–Kier alpha value is -2.18. The molecule has 1 saturated heterocycles. The summed E-state index contributed by atoms with van der Waals surface area (Å²) in [5.74, 6) is -0.136. The molecule has 6 heteroatoms. The first-order valence-electron chi connectivity index (χ1n) is 8.82. The van der Waals surface area contributed by atoms with Crippen LogP contribution in [0.15, 0.2) is 47.4 Å². The lowest BCUT2D eigenvalue weighted by molar-refractivity contribution is 0.101. The number of carbonyl (C=O) groups is 1. The predicted molar refractivity (Wildman–Crippen MR) is 103 cm³/mol. The Bertz CT molecular complexity index is 916. The Morgan fingerprint density at radius 2 is 1.81 bits per heavy atom. The van der Waals surface area contributed by atoms with Crippen molar-refractivity contribution in [2.45, 2.75) is 31.6 Å². The number of anilines is 1. The van der Waals surface area contributed by atoms with Crippen LogP contribution in [0.2, 0.25) is 0 Å². The van der Waals surface area contributed by atoms with Crippen LogP contribution in [0.4, 0.5) is 5.69 Å². The molecule has 1 aliphatic rings. The van der Waals surface area contributed by atoms with Gasteiger partial charge in [-0.15, -0.1) is 0 Å². The van der Waals surface area contributed by atoms with Gasteiger partial charge in [0.1, 0.15) is 0 Å². The van der Waals surface area contributed by atoms with Crippen LogP contribution in [-0.2, 0) is 10.0 Å². The molecule has 0 bridgehead atoms. The Morgan fingerprint density at radius 3 is 2.50 bits per heavy atom. The summed E-state index contributed by atoms with van der Waals surface area (Å²) in [5.41, 5.74) is 3.55. The van der Waals surface area contributed by atoms with Gasteiger partial charge in [-0.1, -0.05) is 29.8 Å². The lowest BCUT2D eigenvalue weighted by Gasteiger charge is -2.16. The minimum Gasteiger partial charge on any atom is -0.377 e. The van der Waals surface area contributed by atoms with Crippen molar-refractivity contribution in [1.29, 1.82) is 0 Å². The van der Waals surface area contributed by atoms with Crippen LogP contribution in [-0.4, -0.2) is 38.1 Å². The van der Waals surface area contributed by atoms with E-state index < -0.39 is 10.0 Å². The molecule has 2 aromatic carbocycles. The molecule has 5 nitrogen and oxygen atoms in total. The van der Waals surface area contributed by atoms with Gasteiger partial charge in [-0.25, -0.2) is 8.42 Å². The molecule has 1 N–H and O–H groups in total. The Balaban J connectivity index is 1.74. The second-order valence-corrected chi connectivity index (χ2v) is 8.67. The van der Waals surface area contributed by atoms with Crippen molar-refractivity contribution in [2.75, 3.05) is 25.0 Å². The molecule has 0 spiro atoms. The fraction of sp³-hybridized carbons (Fsp3) is 0.350. The van der Waals surface area contributed by atoms with Crippen LogP contribution < -0.4 is 5.32 Å². The Morgan fingerprint density at radius 1 is 1.08 bits per heavy atom. The number of ketones is 1. The molecule has 3 rings (SSSR count). The molecule has 0 saturated carbocycles. The van der Waals surface area contributed by atoms with Gasteiger partial charge >= 0.3 is 0 Å². The van der Waals surface area contributed by atoms with Crippen LogP contribution in [0.3, 0.4) is 0 Å². The molecule has 0 unspecified atom stereocenters. The van der Waals surface area contributed by atoms with E-state index in [0.717, 1.165) is 24.1 Å².